The van der Waals surface area contributed by atoms with Crippen LogP contribution in [0.1, 0.15) is 30.1 Å². The van der Waals surface area contributed by atoms with Crippen molar-refractivity contribution in [1.29, 1.82) is 0 Å². The first-order valence-corrected chi connectivity index (χ1v) is 7.37. The van der Waals surface area contributed by atoms with Crippen LogP contribution in [-0.2, 0) is 13.0 Å². The van der Waals surface area contributed by atoms with Gasteiger partial charge in [0.1, 0.15) is 5.82 Å². The number of hydrogen-bond donors (Lipinski definition) is 1. The summed E-state index contributed by atoms with van der Waals surface area (Å²) < 4.78 is 3.28. The Bertz CT molecular complexity index is 478. The van der Waals surface area contributed by atoms with E-state index in [1.165, 1.54) is 4.88 Å². The smallest absolute Gasteiger partial charge is 0.110 e. The van der Waals surface area contributed by atoms with Crippen LogP contribution in [0.5, 0.6) is 0 Å². The van der Waals surface area contributed by atoms with E-state index in [-0.39, 0.29) is 6.04 Å². The Kier molecular flexibility index (Phi) is 4.36. The van der Waals surface area contributed by atoms with Gasteiger partial charge in [-0.3, -0.25) is 0 Å². The van der Waals surface area contributed by atoms with Gasteiger partial charge in [-0.05, 0) is 28.4 Å². The predicted molar refractivity (Wildman–Crippen MR) is 75.2 cm³/mol. The third kappa shape index (κ3) is 3.18. The summed E-state index contributed by atoms with van der Waals surface area (Å²) in [5, 5.41) is 2.06. The van der Waals surface area contributed by atoms with Gasteiger partial charge in [-0.2, -0.15) is 0 Å². The second-order valence-corrected chi connectivity index (χ2v) is 5.87. The third-order valence-electron chi connectivity index (χ3n) is 2.62. The quantitative estimate of drug-likeness (QED) is 0.919. The van der Waals surface area contributed by atoms with E-state index in [0.717, 1.165) is 29.7 Å². The zero-order valence-electron chi connectivity index (χ0n) is 9.77. The standard InChI is InChI=1S/C12H16BrN3S/c1-2-4-16-5-3-15-12(16)7-10(14)11-6-9(13)8-17-11/h3,5-6,8,10H,2,4,7,14H2,1H3. The Balaban J connectivity index is 2.07. The monoisotopic (exact) mass is 313 g/mol. The molecular weight excluding hydrogens is 298 g/mol. The van der Waals surface area contributed by atoms with Gasteiger partial charge in [-0.1, -0.05) is 6.92 Å². The molecule has 92 valence electrons. The lowest BCUT2D eigenvalue weighted by Crippen LogP contribution is -2.15. The van der Waals surface area contributed by atoms with Gasteiger partial charge in [0.05, 0.1) is 0 Å². The van der Waals surface area contributed by atoms with Crippen molar-refractivity contribution in [3.05, 3.63) is 39.0 Å². The molecule has 17 heavy (non-hydrogen) atoms. The Labute approximate surface area is 114 Å². The van der Waals surface area contributed by atoms with Crippen molar-refractivity contribution < 1.29 is 0 Å². The highest BCUT2D eigenvalue weighted by Gasteiger charge is 2.12. The average molecular weight is 314 g/mol. The molecule has 2 N–H and O–H groups in total. The fraction of sp³-hybridized carbons (Fsp3) is 0.417. The van der Waals surface area contributed by atoms with Gasteiger partial charge < -0.3 is 10.3 Å². The second-order valence-electron chi connectivity index (χ2n) is 4.01. The maximum absolute atomic E-state index is 6.20. The van der Waals surface area contributed by atoms with Crippen LogP contribution in [0.25, 0.3) is 0 Å². The van der Waals surface area contributed by atoms with Crippen molar-refractivity contribution in [2.75, 3.05) is 0 Å². The Hall–Kier alpha value is -0.650. The lowest BCUT2D eigenvalue weighted by atomic mass is 10.2. The Morgan fingerprint density at radius 1 is 1.59 bits per heavy atom. The van der Waals surface area contributed by atoms with Gasteiger partial charge in [-0.15, -0.1) is 11.3 Å². The fourth-order valence-electron chi connectivity index (χ4n) is 1.79. The van der Waals surface area contributed by atoms with Crippen molar-refractivity contribution in [1.82, 2.24) is 9.55 Å². The number of rotatable bonds is 5. The molecule has 1 unspecified atom stereocenters. The van der Waals surface area contributed by atoms with E-state index < -0.39 is 0 Å². The molecule has 0 radical (unpaired) electrons. The summed E-state index contributed by atoms with van der Waals surface area (Å²) in [6.45, 7) is 3.18. The van der Waals surface area contributed by atoms with E-state index in [4.69, 9.17) is 5.73 Å². The van der Waals surface area contributed by atoms with E-state index >= 15 is 0 Å². The minimum Gasteiger partial charge on any atom is -0.335 e. The molecule has 2 aromatic heterocycles. The summed E-state index contributed by atoms with van der Waals surface area (Å²) in [6, 6.07) is 2.12. The van der Waals surface area contributed by atoms with Crippen molar-refractivity contribution >= 4 is 27.3 Å². The van der Waals surface area contributed by atoms with E-state index in [2.05, 4.69) is 43.9 Å². The summed E-state index contributed by atoms with van der Waals surface area (Å²) >= 11 is 5.14. The first-order valence-electron chi connectivity index (χ1n) is 5.70. The summed E-state index contributed by atoms with van der Waals surface area (Å²) in [5.41, 5.74) is 6.20. The molecule has 0 aliphatic heterocycles. The van der Waals surface area contributed by atoms with E-state index in [1.807, 2.05) is 12.4 Å². The molecule has 0 amide bonds. The number of hydrogen-bond acceptors (Lipinski definition) is 3. The van der Waals surface area contributed by atoms with Crippen LogP contribution < -0.4 is 5.73 Å². The molecule has 3 nitrogen and oxygen atoms in total. The van der Waals surface area contributed by atoms with Crippen LogP contribution in [0.3, 0.4) is 0 Å². The zero-order chi connectivity index (χ0) is 12.3. The molecule has 0 aromatic carbocycles. The van der Waals surface area contributed by atoms with Crippen LogP contribution >= 0.6 is 27.3 Å². The molecule has 5 heteroatoms. The van der Waals surface area contributed by atoms with Crippen molar-refractivity contribution in [3.8, 4) is 0 Å². The topological polar surface area (TPSA) is 43.8 Å². The van der Waals surface area contributed by atoms with Crippen molar-refractivity contribution in [2.24, 2.45) is 5.73 Å². The Morgan fingerprint density at radius 3 is 3.06 bits per heavy atom. The molecule has 2 aromatic rings. The minimum absolute atomic E-state index is 0.0318. The molecule has 0 saturated carbocycles. The highest BCUT2D eigenvalue weighted by Crippen LogP contribution is 2.26. The van der Waals surface area contributed by atoms with E-state index in [1.54, 1.807) is 11.3 Å². The summed E-state index contributed by atoms with van der Waals surface area (Å²) in [6.07, 6.45) is 5.78. The molecular formula is C12H16BrN3S. The third-order valence-corrected chi connectivity index (χ3v) is 4.45. The van der Waals surface area contributed by atoms with Crippen LogP contribution in [-0.4, -0.2) is 9.55 Å². The fourth-order valence-corrected chi connectivity index (χ4v) is 3.24. The second kappa shape index (κ2) is 5.80. The number of nitrogens with two attached hydrogens (primary N) is 1. The normalized spacial score (nSPS) is 12.9. The number of thiophene rings is 1. The van der Waals surface area contributed by atoms with Crippen LogP contribution in [0.4, 0.5) is 0 Å². The maximum atomic E-state index is 6.20. The van der Waals surface area contributed by atoms with Crippen molar-refractivity contribution in [2.45, 2.75) is 32.4 Å². The molecule has 2 heterocycles. The van der Waals surface area contributed by atoms with Gasteiger partial charge in [0.15, 0.2) is 0 Å². The van der Waals surface area contributed by atoms with Gasteiger partial charge in [0.2, 0.25) is 0 Å². The molecule has 0 saturated heterocycles. The number of aryl methyl sites for hydroxylation is 1. The lowest BCUT2D eigenvalue weighted by Gasteiger charge is -2.11. The average Bonchev–Trinajstić information content (AvgIpc) is 2.89. The summed E-state index contributed by atoms with van der Waals surface area (Å²) in [7, 11) is 0. The molecule has 0 aliphatic carbocycles. The van der Waals surface area contributed by atoms with Gasteiger partial charge in [-0.25, -0.2) is 4.98 Å². The van der Waals surface area contributed by atoms with Gasteiger partial charge >= 0.3 is 0 Å². The summed E-state index contributed by atoms with van der Waals surface area (Å²) in [5.74, 6) is 1.07. The van der Waals surface area contributed by atoms with Crippen LogP contribution in [0, 0.1) is 0 Å². The number of aromatic nitrogens is 2. The van der Waals surface area contributed by atoms with Crippen molar-refractivity contribution in [3.63, 3.8) is 0 Å². The molecule has 1 atom stereocenters. The zero-order valence-corrected chi connectivity index (χ0v) is 12.2. The molecule has 0 fully saturated rings. The molecule has 2 rings (SSSR count). The number of nitrogens with zero attached hydrogens (tertiary/aromatic N) is 2. The van der Waals surface area contributed by atoms with E-state index in [0.29, 0.717) is 0 Å². The molecule has 0 spiro atoms. The summed E-state index contributed by atoms with van der Waals surface area (Å²) in [4.78, 5) is 5.58. The SMILES string of the molecule is CCCn1ccnc1CC(N)c1cc(Br)cs1. The lowest BCUT2D eigenvalue weighted by molar-refractivity contribution is 0.602. The molecule has 0 aliphatic rings. The largest absolute Gasteiger partial charge is 0.335 e. The number of imidazole rings is 1. The highest BCUT2D eigenvalue weighted by atomic mass is 79.9. The first kappa shape index (κ1) is 12.8. The van der Waals surface area contributed by atoms with Crippen LogP contribution in [0.15, 0.2) is 28.3 Å². The number of halogens is 1. The van der Waals surface area contributed by atoms with Gasteiger partial charge in [0, 0.05) is 46.1 Å². The van der Waals surface area contributed by atoms with Crippen LogP contribution in [0.2, 0.25) is 0 Å². The van der Waals surface area contributed by atoms with Gasteiger partial charge in [0.25, 0.3) is 0 Å². The first-order chi connectivity index (χ1) is 8.20. The maximum Gasteiger partial charge on any atom is 0.110 e. The Morgan fingerprint density at radius 2 is 2.41 bits per heavy atom. The van der Waals surface area contributed by atoms with E-state index in [9.17, 15) is 0 Å². The predicted octanol–water partition coefficient (Wildman–Crippen LogP) is 3.36. The molecule has 0 bridgehead atoms. The minimum atomic E-state index is 0.0318. The highest BCUT2D eigenvalue weighted by molar-refractivity contribution is 9.10.